The highest BCUT2D eigenvalue weighted by Gasteiger charge is 2.23. The highest BCUT2D eigenvalue weighted by molar-refractivity contribution is 5.76. The summed E-state index contributed by atoms with van der Waals surface area (Å²) in [6, 6.07) is 20.3. The van der Waals surface area contributed by atoms with Crippen molar-refractivity contribution in [2.45, 2.75) is 19.0 Å². The van der Waals surface area contributed by atoms with Gasteiger partial charge in [0.1, 0.15) is 12.9 Å². The van der Waals surface area contributed by atoms with Crippen LogP contribution >= 0.6 is 0 Å². The van der Waals surface area contributed by atoms with E-state index in [0.717, 1.165) is 25.1 Å². The first-order valence-electron chi connectivity index (χ1n) is 9.30. The van der Waals surface area contributed by atoms with Crippen molar-refractivity contribution in [1.82, 2.24) is 25.0 Å². The zero-order valence-electron chi connectivity index (χ0n) is 15.2. The van der Waals surface area contributed by atoms with E-state index in [4.69, 9.17) is 0 Å². The van der Waals surface area contributed by atoms with Crippen molar-refractivity contribution in [3.63, 3.8) is 0 Å². The van der Waals surface area contributed by atoms with Gasteiger partial charge in [-0.05, 0) is 18.5 Å². The Bertz CT molecular complexity index is 878. The molecular weight excluding hydrogens is 338 g/mol. The van der Waals surface area contributed by atoms with E-state index in [0.29, 0.717) is 12.4 Å². The van der Waals surface area contributed by atoms with Crippen LogP contribution < -0.4 is 5.32 Å². The molecule has 0 aliphatic carbocycles. The van der Waals surface area contributed by atoms with Crippen molar-refractivity contribution < 1.29 is 4.79 Å². The number of aromatic nitrogens is 3. The summed E-state index contributed by atoms with van der Waals surface area (Å²) in [7, 11) is 0. The molecule has 1 aliphatic heterocycles. The minimum absolute atomic E-state index is 0.0733. The molecule has 1 aliphatic rings. The van der Waals surface area contributed by atoms with E-state index < -0.39 is 0 Å². The van der Waals surface area contributed by atoms with Crippen LogP contribution in [0.2, 0.25) is 0 Å². The van der Waals surface area contributed by atoms with E-state index in [1.165, 1.54) is 5.56 Å². The van der Waals surface area contributed by atoms with Crippen LogP contribution in [0.25, 0.3) is 11.4 Å². The van der Waals surface area contributed by atoms with Crippen LogP contribution in [-0.4, -0.2) is 45.2 Å². The Morgan fingerprint density at radius 1 is 1.07 bits per heavy atom. The predicted octanol–water partition coefficient (Wildman–Crippen LogP) is 2.51. The molecule has 0 radical (unpaired) electrons. The van der Waals surface area contributed by atoms with Crippen LogP contribution in [0.5, 0.6) is 0 Å². The highest BCUT2D eigenvalue weighted by Crippen LogP contribution is 2.17. The Balaban J connectivity index is 1.43. The van der Waals surface area contributed by atoms with Gasteiger partial charge in [-0.15, -0.1) is 0 Å². The van der Waals surface area contributed by atoms with E-state index in [-0.39, 0.29) is 18.5 Å². The van der Waals surface area contributed by atoms with E-state index in [1.54, 1.807) is 11.0 Å². The average molecular weight is 361 g/mol. The maximum Gasteiger partial charge on any atom is 0.244 e. The SMILES string of the molecule is O=C(Cn1cnc(-c2ccccc2)n1)N1CCCNC(c2ccccc2)C1. The number of carbonyl (C=O) groups excluding carboxylic acids is 1. The third kappa shape index (κ3) is 4.23. The summed E-state index contributed by atoms with van der Waals surface area (Å²) in [4.78, 5) is 19.1. The third-order valence-corrected chi connectivity index (χ3v) is 4.82. The lowest BCUT2D eigenvalue weighted by atomic mass is 10.1. The summed E-state index contributed by atoms with van der Waals surface area (Å²) in [6.07, 6.45) is 2.58. The Morgan fingerprint density at radius 3 is 2.59 bits per heavy atom. The Hall–Kier alpha value is -2.99. The lowest BCUT2D eigenvalue weighted by Gasteiger charge is -2.25. The van der Waals surface area contributed by atoms with Gasteiger partial charge in [0.15, 0.2) is 5.82 Å². The van der Waals surface area contributed by atoms with Crippen molar-refractivity contribution in [1.29, 1.82) is 0 Å². The van der Waals surface area contributed by atoms with Crippen LogP contribution in [0.4, 0.5) is 0 Å². The van der Waals surface area contributed by atoms with Crippen molar-refractivity contribution >= 4 is 5.91 Å². The van der Waals surface area contributed by atoms with Gasteiger partial charge in [-0.25, -0.2) is 9.67 Å². The molecular formula is C21H23N5O. The number of nitrogens with zero attached hydrogens (tertiary/aromatic N) is 4. The highest BCUT2D eigenvalue weighted by atomic mass is 16.2. The minimum Gasteiger partial charge on any atom is -0.339 e. The number of nitrogens with one attached hydrogen (secondary N) is 1. The van der Waals surface area contributed by atoms with Crippen molar-refractivity contribution in [2.24, 2.45) is 0 Å². The van der Waals surface area contributed by atoms with Gasteiger partial charge >= 0.3 is 0 Å². The molecule has 6 heteroatoms. The number of hydrogen-bond acceptors (Lipinski definition) is 4. The zero-order chi connectivity index (χ0) is 18.5. The van der Waals surface area contributed by atoms with Crippen LogP contribution in [-0.2, 0) is 11.3 Å². The van der Waals surface area contributed by atoms with Crippen LogP contribution in [0.15, 0.2) is 67.0 Å². The molecule has 1 aromatic heterocycles. The molecule has 1 unspecified atom stereocenters. The lowest BCUT2D eigenvalue weighted by Crippen LogP contribution is -2.38. The van der Waals surface area contributed by atoms with Gasteiger partial charge in [0.25, 0.3) is 0 Å². The Kier molecular flexibility index (Phi) is 5.25. The molecule has 138 valence electrons. The maximum absolute atomic E-state index is 12.9. The second-order valence-electron chi connectivity index (χ2n) is 6.74. The van der Waals surface area contributed by atoms with Crippen molar-refractivity contribution in [2.75, 3.05) is 19.6 Å². The summed E-state index contributed by atoms with van der Waals surface area (Å²) < 4.78 is 1.63. The Labute approximate surface area is 158 Å². The Morgan fingerprint density at radius 2 is 1.81 bits per heavy atom. The molecule has 2 heterocycles. The molecule has 3 aromatic rings. The molecule has 0 saturated carbocycles. The molecule has 6 nitrogen and oxygen atoms in total. The molecule has 1 saturated heterocycles. The van der Waals surface area contributed by atoms with E-state index >= 15 is 0 Å². The van der Waals surface area contributed by atoms with Gasteiger partial charge in [0.2, 0.25) is 5.91 Å². The number of amides is 1. The molecule has 1 amide bonds. The molecule has 0 spiro atoms. The summed E-state index contributed by atoms with van der Waals surface area (Å²) >= 11 is 0. The van der Waals surface area contributed by atoms with Gasteiger partial charge in [0, 0.05) is 24.7 Å². The largest absolute Gasteiger partial charge is 0.339 e. The van der Waals surface area contributed by atoms with E-state index in [1.807, 2.05) is 53.4 Å². The first-order valence-corrected chi connectivity index (χ1v) is 9.30. The van der Waals surface area contributed by atoms with E-state index in [9.17, 15) is 4.79 Å². The molecule has 4 rings (SSSR count). The molecule has 1 atom stereocenters. The normalized spacial score (nSPS) is 17.5. The number of carbonyl (C=O) groups is 1. The fraction of sp³-hybridized carbons (Fsp3) is 0.286. The fourth-order valence-corrected chi connectivity index (χ4v) is 3.39. The monoisotopic (exact) mass is 361 g/mol. The summed E-state index contributed by atoms with van der Waals surface area (Å²) in [5.41, 5.74) is 2.16. The zero-order valence-corrected chi connectivity index (χ0v) is 15.2. The predicted molar refractivity (Wildman–Crippen MR) is 104 cm³/mol. The second-order valence-corrected chi connectivity index (χ2v) is 6.74. The molecule has 27 heavy (non-hydrogen) atoms. The topological polar surface area (TPSA) is 63.1 Å². The van der Waals surface area contributed by atoms with Gasteiger partial charge in [0.05, 0.1) is 0 Å². The summed E-state index contributed by atoms with van der Waals surface area (Å²) in [5, 5.41) is 8.00. The molecule has 0 bridgehead atoms. The molecule has 2 aromatic carbocycles. The first-order chi connectivity index (χ1) is 13.3. The number of benzene rings is 2. The van der Waals surface area contributed by atoms with Crippen LogP contribution in [0.3, 0.4) is 0 Å². The van der Waals surface area contributed by atoms with Crippen molar-refractivity contribution in [3.05, 3.63) is 72.6 Å². The first kappa shape index (κ1) is 17.4. The molecule has 1 N–H and O–H groups in total. The fourth-order valence-electron chi connectivity index (χ4n) is 3.39. The summed E-state index contributed by atoms with van der Waals surface area (Å²) in [6.45, 7) is 2.55. The molecule has 1 fully saturated rings. The van der Waals surface area contributed by atoms with Gasteiger partial charge in [-0.3, -0.25) is 4.79 Å². The standard InChI is InChI=1S/C21H23N5O/c27-20(15-26-16-23-21(24-26)18-10-5-2-6-11-18)25-13-7-12-22-19(14-25)17-8-3-1-4-9-17/h1-6,8-11,16,19,22H,7,12-15H2. The van der Waals surface area contributed by atoms with Gasteiger partial charge in [-0.1, -0.05) is 60.7 Å². The number of rotatable bonds is 4. The third-order valence-electron chi connectivity index (χ3n) is 4.82. The van der Waals surface area contributed by atoms with E-state index in [2.05, 4.69) is 27.5 Å². The van der Waals surface area contributed by atoms with Gasteiger partial charge in [-0.2, -0.15) is 5.10 Å². The second kappa shape index (κ2) is 8.14. The number of hydrogen-bond donors (Lipinski definition) is 1. The quantitative estimate of drug-likeness (QED) is 0.776. The van der Waals surface area contributed by atoms with Crippen LogP contribution in [0.1, 0.15) is 18.0 Å². The summed E-state index contributed by atoms with van der Waals surface area (Å²) in [5.74, 6) is 0.715. The lowest BCUT2D eigenvalue weighted by molar-refractivity contribution is -0.132. The maximum atomic E-state index is 12.9. The smallest absolute Gasteiger partial charge is 0.244 e. The average Bonchev–Trinajstić information content (AvgIpc) is 3.04. The minimum atomic E-state index is 0.0733. The van der Waals surface area contributed by atoms with Crippen molar-refractivity contribution in [3.8, 4) is 11.4 Å². The van der Waals surface area contributed by atoms with Crippen LogP contribution in [0, 0.1) is 0 Å². The van der Waals surface area contributed by atoms with Gasteiger partial charge < -0.3 is 10.2 Å².